The molecule has 5 heteroatoms. The number of ether oxygens (including phenoxy) is 1. The van der Waals surface area contributed by atoms with Gasteiger partial charge in [-0.3, -0.25) is 9.69 Å². The lowest BCUT2D eigenvalue weighted by Crippen LogP contribution is -2.43. The zero-order chi connectivity index (χ0) is 15.1. The lowest BCUT2D eigenvalue weighted by atomic mass is 10.1. The normalized spacial score (nSPS) is 16.2. The molecule has 1 heterocycles. The van der Waals surface area contributed by atoms with Crippen LogP contribution in [-0.4, -0.2) is 43.1 Å². The largest absolute Gasteiger partial charge is 0.490 e. The standard InChI is InChI=1S/C16H21N3O2/c1-2-18-16(20)12-19-9-7-15(8-10-19)21-14-5-3-13(11-17)4-6-14/h3-6,15H,2,7-10,12H2,1H3,(H,18,20). The van der Waals surface area contributed by atoms with Crippen LogP contribution in [0.4, 0.5) is 0 Å². The summed E-state index contributed by atoms with van der Waals surface area (Å²) in [6.07, 6.45) is 2.02. The topological polar surface area (TPSA) is 65.4 Å². The fraction of sp³-hybridized carbons (Fsp3) is 0.500. The third-order valence-corrected chi connectivity index (χ3v) is 3.56. The van der Waals surface area contributed by atoms with Crippen LogP contribution in [0.5, 0.6) is 5.75 Å². The molecule has 112 valence electrons. The van der Waals surface area contributed by atoms with E-state index in [1.807, 2.05) is 19.1 Å². The molecular formula is C16H21N3O2. The van der Waals surface area contributed by atoms with E-state index in [0.29, 0.717) is 18.7 Å². The Morgan fingerprint density at radius 1 is 1.38 bits per heavy atom. The number of carbonyl (C=O) groups excluding carboxylic acids is 1. The van der Waals surface area contributed by atoms with Crippen LogP contribution in [0.2, 0.25) is 0 Å². The summed E-state index contributed by atoms with van der Waals surface area (Å²) in [5.74, 6) is 0.889. The molecule has 0 bridgehead atoms. The van der Waals surface area contributed by atoms with Crippen molar-refractivity contribution < 1.29 is 9.53 Å². The number of likely N-dealkylation sites (tertiary alicyclic amines) is 1. The quantitative estimate of drug-likeness (QED) is 0.892. The molecule has 1 aliphatic heterocycles. The zero-order valence-electron chi connectivity index (χ0n) is 12.3. The van der Waals surface area contributed by atoms with E-state index in [1.165, 1.54) is 0 Å². The maximum Gasteiger partial charge on any atom is 0.234 e. The number of benzene rings is 1. The summed E-state index contributed by atoms with van der Waals surface area (Å²) in [5.41, 5.74) is 0.638. The van der Waals surface area contributed by atoms with Crippen molar-refractivity contribution in [2.24, 2.45) is 0 Å². The van der Waals surface area contributed by atoms with E-state index in [0.717, 1.165) is 31.7 Å². The lowest BCUT2D eigenvalue weighted by molar-refractivity contribution is -0.122. The second-order valence-corrected chi connectivity index (χ2v) is 5.18. The number of nitrogens with zero attached hydrogens (tertiary/aromatic N) is 2. The highest BCUT2D eigenvalue weighted by molar-refractivity contribution is 5.77. The molecule has 1 N–H and O–H groups in total. The van der Waals surface area contributed by atoms with Crippen molar-refractivity contribution in [2.45, 2.75) is 25.9 Å². The third-order valence-electron chi connectivity index (χ3n) is 3.56. The average molecular weight is 287 g/mol. The highest BCUT2D eigenvalue weighted by atomic mass is 16.5. The van der Waals surface area contributed by atoms with E-state index in [9.17, 15) is 4.79 Å². The minimum Gasteiger partial charge on any atom is -0.490 e. The maximum absolute atomic E-state index is 11.5. The SMILES string of the molecule is CCNC(=O)CN1CCC(Oc2ccc(C#N)cc2)CC1. The summed E-state index contributed by atoms with van der Waals surface area (Å²) < 4.78 is 5.92. The fourth-order valence-corrected chi connectivity index (χ4v) is 2.44. The Bertz CT molecular complexity index is 499. The summed E-state index contributed by atoms with van der Waals surface area (Å²) in [6, 6.07) is 9.28. The number of amides is 1. The Morgan fingerprint density at radius 3 is 2.62 bits per heavy atom. The second-order valence-electron chi connectivity index (χ2n) is 5.18. The van der Waals surface area contributed by atoms with Gasteiger partial charge in [0.05, 0.1) is 18.2 Å². The van der Waals surface area contributed by atoms with E-state index < -0.39 is 0 Å². The van der Waals surface area contributed by atoms with Crippen LogP contribution in [0, 0.1) is 11.3 Å². The van der Waals surface area contributed by atoms with Gasteiger partial charge in [0.2, 0.25) is 5.91 Å². The van der Waals surface area contributed by atoms with Gasteiger partial charge in [-0.05, 0) is 44.0 Å². The van der Waals surface area contributed by atoms with Crippen LogP contribution in [0.1, 0.15) is 25.3 Å². The van der Waals surface area contributed by atoms with E-state index in [-0.39, 0.29) is 12.0 Å². The number of hydrogen-bond donors (Lipinski definition) is 1. The molecule has 0 radical (unpaired) electrons. The minimum atomic E-state index is 0.0870. The van der Waals surface area contributed by atoms with Crippen molar-refractivity contribution in [3.05, 3.63) is 29.8 Å². The first-order chi connectivity index (χ1) is 10.2. The van der Waals surface area contributed by atoms with Gasteiger partial charge in [-0.15, -0.1) is 0 Å². The van der Waals surface area contributed by atoms with Crippen molar-refractivity contribution in [3.8, 4) is 11.8 Å². The van der Waals surface area contributed by atoms with Crippen LogP contribution in [0.15, 0.2) is 24.3 Å². The van der Waals surface area contributed by atoms with Gasteiger partial charge in [0.1, 0.15) is 11.9 Å². The number of rotatable bonds is 5. The second kappa shape index (κ2) is 7.65. The van der Waals surface area contributed by atoms with Crippen LogP contribution in [0.3, 0.4) is 0 Å². The molecule has 5 nitrogen and oxygen atoms in total. The van der Waals surface area contributed by atoms with E-state index in [2.05, 4.69) is 16.3 Å². The molecule has 0 aromatic heterocycles. The van der Waals surface area contributed by atoms with E-state index in [1.54, 1.807) is 12.1 Å². The fourth-order valence-electron chi connectivity index (χ4n) is 2.44. The van der Waals surface area contributed by atoms with E-state index in [4.69, 9.17) is 10.00 Å². The molecular weight excluding hydrogens is 266 g/mol. The van der Waals surface area contributed by atoms with Gasteiger partial charge in [-0.1, -0.05) is 0 Å². The number of nitriles is 1. The monoisotopic (exact) mass is 287 g/mol. The molecule has 0 aliphatic carbocycles. The first-order valence-electron chi connectivity index (χ1n) is 7.37. The van der Waals surface area contributed by atoms with Crippen LogP contribution in [-0.2, 0) is 4.79 Å². The Hall–Kier alpha value is -2.06. The van der Waals surface area contributed by atoms with Crippen molar-refractivity contribution in [3.63, 3.8) is 0 Å². The summed E-state index contributed by atoms with van der Waals surface area (Å²) >= 11 is 0. The molecule has 0 atom stereocenters. The van der Waals surface area contributed by atoms with Crippen molar-refractivity contribution >= 4 is 5.91 Å². The van der Waals surface area contributed by atoms with Gasteiger partial charge in [0, 0.05) is 19.6 Å². The molecule has 0 saturated carbocycles. The van der Waals surface area contributed by atoms with Crippen LogP contribution in [0.25, 0.3) is 0 Å². The van der Waals surface area contributed by atoms with Gasteiger partial charge in [0.15, 0.2) is 0 Å². The van der Waals surface area contributed by atoms with Gasteiger partial charge >= 0.3 is 0 Å². The number of hydrogen-bond acceptors (Lipinski definition) is 4. The predicted molar refractivity (Wildman–Crippen MR) is 79.9 cm³/mol. The summed E-state index contributed by atoms with van der Waals surface area (Å²) in [5, 5.41) is 11.6. The number of nitrogens with one attached hydrogen (secondary N) is 1. The lowest BCUT2D eigenvalue weighted by Gasteiger charge is -2.31. The molecule has 21 heavy (non-hydrogen) atoms. The molecule has 2 rings (SSSR count). The Kier molecular flexibility index (Phi) is 5.59. The first-order valence-corrected chi connectivity index (χ1v) is 7.37. The predicted octanol–water partition coefficient (Wildman–Crippen LogP) is 1.54. The Labute approximate surface area is 125 Å². The molecule has 1 fully saturated rings. The van der Waals surface area contributed by atoms with E-state index >= 15 is 0 Å². The smallest absolute Gasteiger partial charge is 0.234 e. The van der Waals surface area contributed by atoms with Gasteiger partial charge in [0.25, 0.3) is 0 Å². The number of piperidine rings is 1. The molecule has 1 aromatic rings. The Morgan fingerprint density at radius 2 is 2.05 bits per heavy atom. The average Bonchev–Trinajstić information content (AvgIpc) is 2.50. The number of carbonyl (C=O) groups is 1. The van der Waals surface area contributed by atoms with Gasteiger partial charge in [-0.2, -0.15) is 5.26 Å². The van der Waals surface area contributed by atoms with Crippen molar-refractivity contribution in [1.82, 2.24) is 10.2 Å². The van der Waals surface area contributed by atoms with Crippen molar-refractivity contribution in [2.75, 3.05) is 26.2 Å². The highest BCUT2D eigenvalue weighted by Crippen LogP contribution is 2.19. The summed E-state index contributed by atoms with van der Waals surface area (Å²) in [7, 11) is 0. The molecule has 1 aliphatic rings. The van der Waals surface area contributed by atoms with Crippen molar-refractivity contribution in [1.29, 1.82) is 5.26 Å². The first kappa shape index (κ1) is 15.3. The third kappa shape index (κ3) is 4.76. The summed E-state index contributed by atoms with van der Waals surface area (Å²) in [4.78, 5) is 13.7. The molecule has 0 unspecified atom stereocenters. The maximum atomic E-state index is 11.5. The minimum absolute atomic E-state index is 0.0870. The van der Waals surface area contributed by atoms with Gasteiger partial charge in [-0.25, -0.2) is 0 Å². The molecule has 1 aromatic carbocycles. The Balaban J connectivity index is 1.76. The molecule has 1 saturated heterocycles. The highest BCUT2D eigenvalue weighted by Gasteiger charge is 2.21. The molecule has 1 amide bonds. The van der Waals surface area contributed by atoms with Gasteiger partial charge < -0.3 is 10.1 Å². The van der Waals surface area contributed by atoms with Crippen LogP contribution >= 0.6 is 0 Å². The summed E-state index contributed by atoms with van der Waals surface area (Å²) in [6.45, 7) is 4.82. The zero-order valence-corrected chi connectivity index (χ0v) is 12.3. The number of likely N-dealkylation sites (N-methyl/N-ethyl adjacent to an activating group) is 1. The molecule has 0 spiro atoms. The van der Waals surface area contributed by atoms with Crippen LogP contribution < -0.4 is 10.1 Å².